The summed E-state index contributed by atoms with van der Waals surface area (Å²) in [7, 11) is 3.20. The van der Waals surface area contributed by atoms with Gasteiger partial charge in [-0.3, -0.25) is 9.59 Å². The third kappa shape index (κ3) is 18.9. The molecule has 0 heterocycles. The van der Waals surface area contributed by atoms with E-state index in [0.717, 1.165) is 134 Å². The third-order valence-corrected chi connectivity index (χ3v) is 16.7. The SMILES string of the molecule is CCN(CC)CCCN(CCCN(CC)CC)C(=O)c1ccc(Sc2ccccc2)cc1SSc1cc(Sc2ccccc2)ccc1C(=O)N(CCCN(CC)CC)CCCN(CC)CC. The van der Waals surface area contributed by atoms with Gasteiger partial charge in [0.05, 0.1) is 11.1 Å². The van der Waals surface area contributed by atoms with Crippen molar-refractivity contribution in [1.82, 2.24) is 29.4 Å². The quantitative estimate of drug-likeness (QED) is 0.0432. The molecule has 0 radical (unpaired) electrons. The number of nitrogens with zero attached hydrogens (tertiary/aromatic N) is 6. The summed E-state index contributed by atoms with van der Waals surface area (Å²) in [4.78, 5) is 50.2. The van der Waals surface area contributed by atoms with E-state index in [1.54, 1.807) is 45.1 Å². The lowest BCUT2D eigenvalue weighted by atomic mass is 10.1. The average molecular weight is 974 g/mol. The fourth-order valence-corrected chi connectivity index (χ4v) is 12.3. The molecule has 66 heavy (non-hydrogen) atoms. The Hall–Kier alpha value is -2.94. The molecule has 362 valence electrons. The van der Waals surface area contributed by atoms with Crippen molar-refractivity contribution >= 4 is 56.9 Å². The molecule has 0 saturated heterocycles. The third-order valence-electron chi connectivity index (χ3n) is 12.3. The number of rotatable bonds is 33. The molecule has 0 spiro atoms. The van der Waals surface area contributed by atoms with Gasteiger partial charge in [0.25, 0.3) is 11.8 Å². The van der Waals surface area contributed by atoms with Gasteiger partial charge in [-0.25, -0.2) is 0 Å². The van der Waals surface area contributed by atoms with Crippen LogP contribution in [0.5, 0.6) is 0 Å². The van der Waals surface area contributed by atoms with E-state index >= 15 is 0 Å². The maximum Gasteiger partial charge on any atom is 0.255 e. The van der Waals surface area contributed by atoms with E-state index < -0.39 is 0 Å². The molecule has 0 aromatic heterocycles. The van der Waals surface area contributed by atoms with Gasteiger partial charge in [-0.2, -0.15) is 0 Å². The molecule has 0 aliphatic heterocycles. The van der Waals surface area contributed by atoms with Gasteiger partial charge in [0.15, 0.2) is 0 Å². The molecule has 4 aromatic carbocycles. The summed E-state index contributed by atoms with van der Waals surface area (Å²) in [6.07, 6.45) is 3.70. The molecule has 0 bridgehead atoms. The van der Waals surface area contributed by atoms with Crippen molar-refractivity contribution in [1.29, 1.82) is 0 Å². The summed E-state index contributed by atoms with van der Waals surface area (Å²) < 4.78 is 0. The maximum atomic E-state index is 15.0. The zero-order chi connectivity index (χ0) is 47.5. The topological polar surface area (TPSA) is 53.6 Å². The van der Waals surface area contributed by atoms with Gasteiger partial charge in [0.1, 0.15) is 0 Å². The van der Waals surface area contributed by atoms with Crippen LogP contribution in [0.25, 0.3) is 0 Å². The van der Waals surface area contributed by atoms with Crippen LogP contribution in [0.4, 0.5) is 0 Å². The van der Waals surface area contributed by atoms with Crippen molar-refractivity contribution in [3.8, 4) is 0 Å². The monoisotopic (exact) mass is 973 g/mol. The minimum atomic E-state index is 0.0747. The summed E-state index contributed by atoms with van der Waals surface area (Å²) in [5.41, 5.74) is 1.43. The summed E-state index contributed by atoms with van der Waals surface area (Å²) in [5, 5.41) is 0. The first-order valence-corrected chi connectivity index (χ1v) is 28.5. The minimum Gasteiger partial charge on any atom is -0.339 e. The highest BCUT2D eigenvalue weighted by Crippen LogP contribution is 2.45. The fourth-order valence-electron chi connectivity index (χ4n) is 8.03. The van der Waals surface area contributed by atoms with Crippen molar-refractivity contribution in [3.63, 3.8) is 0 Å². The fraction of sp³-hybridized carbons (Fsp3) is 0.519. The van der Waals surface area contributed by atoms with Crippen molar-refractivity contribution in [2.45, 2.75) is 110 Å². The molecule has 0 atom stereocenters. The Morgan fingerprint density at radius 1 is 0.364 bits per heavy atom. The Balaban J connectivity index is 1.74. The lowest BCUT2D eigenvalue weighted by molar-refractivity contribution is 0.0729. The predicted octanol–water partition coefficient (Wildman–Crippen LogP) is 12.6. The molecule has 8 nitrogen and oxygen atoms in total. The molecule has 0 fully saturated rings. The number of carbonyl (C=O) groups excluding carboxylic acids is 2. The molecule has 12 heteroatoms. The van der Waals surface area contributed by atoms with Gasteiger partial charge in [-0.15, -0.1) is 0 Å². The zero-order valence-corrected chi connectivity index (χ0v) is 44.8. The second kappa shape index (κ2) is 32.0. The average Bonchev–Trinajstić information content (AvgIpc) is 3.35. The highest BCUT2D eigenvalue weighted by Gasteiger charge is 2.24. The zero-order valence-electron chi connectivity index (χ0n) is 41.5. The molecule has 0 aliphatic carbocycles. The van der Waals surface area contributed by atoms with Crippen LogP contribution in [0.15, 0.2) is 126 Å². The summed E-state index contributed by atoms with van der Waals surface area (Å²) in [6.45, 7) is 32.4. The van der Waals surface area contributed by atoms with E-state index in [4.69, 9.17) is 0 Å². The van der Waals surface area contributed by atoms with E-state index in [-0.39, 0.29) is 11.8 Å². The van der Waals surface area contributed by atoms with Gasteiger partial charge in [-0.05, 0) is 165 Å². The van der Waals surface area contributed by atoms with Crippen LogP contribution >= 0.6 is 45.1 Å². The molecule has 0 saturated carbocycles. The number of benzene rings is 4. The Labute approximate surface area is 416 Å². The minimum absolute atomic E-state index is 0.0747. The number of hydrogen-bond acceptors (Lipinski definition) is 10. The van der Waals surface area contributed by atoms with E-state index in [1.165, 1.54) is 0 Å². The number of carbonyl (C=O) groups is 2. The molecule has 4 rings (SSSR count). The van der Waals surface area contributed by atoms with Crippen molar-refractivity contribution < 1.29 is 9.59 Å². The largest absolute Gasteiger partial charge is 0.339 e. The van der Waals surface area contributed by atoms with Crippen molar-refractivity contribution in [3.05, 3.63) is 108 Å². The smallest absolute Gasteiger partial charge is 0.255 e. The van der Waals surface area contributed by atoms with E-state index in [9.17, 15) is 9.59 Å². The predicted molar refractivity (Wildman–Crippen MR) is 287 cm³/mol. The van der Waals surface area contributed by atoms with Crippen LogP contribution in [0.1, 0.15) is 102 Å². The van der Waals surface area contributed by atoms with Crippen LogP contribution in [0.2, 0.25) is 0 Å². The lowest BCUT2D eigenvalue weighted by Crippen LogP contribution is -2.37. The first kappa shape index (κ1) is 55.7. The summed E-state index contributed by atoms with van der Waals surface area (Å²) >= 11 is 3.42. The van der Waals surface area contributed by atoms with Crippen LogP contribution < -0.4 is 0 Å². The van der Waals surface area contributed by atoms with Gasteiger partial charge in [-0.1, -0.05) is 137 Å². The van der Waals surface area contributed by atoms with Crippen LogP contribution in [-0.2, 0) is 0 Å². The second-order valence-corrected chi connectivity index (χ2v) is 20.9. The summed E-state index contributed by atoms with van der Waals surface area (Å²) in [5.74, 6) is 0.149. The molecule has 0 N–H and O–H groups in total. The van der Waals surface area contributed by atoms with E-state index in [2.05, 4.69) is 158 Å². The van der Waals surface area contributed by atoms with Crippen LogP contribution in [0.3, 0.4) is 0 Å². The molecular formula is C54H80N6O2S4. The standard InChI is InChI=1S/C54H80N6O2S4/c1-9-55(10-2)35-23-39-59(40-24-36-56(11-3)12-4)53(61)49-33-31-47(63-45-27-19-17-20-28-45)43-51(49)65-66-52-44-48(64-46-29-21-18-22-30-46)32-34-50(52)54(62)60(41-25-37-57(13-5)14-6)42-26-38-58(15-7)16-8/h17-22,27-34,43-44H,9-16,23-26,35-42H2,1-8H3. The van der Waals surface area contributed by atoms with Gasteiger partial charge in [0.2, 0.25) is 0 Å². The van der Waals surface area contributed by atoms with E-state index in [1.807, 2.05) is 24.3 Å². The Bertz CT molecular complexity index is 1780. The highest BCUT2D eigenvalue weighted by molar-refractivity contribution is 8.76. The lowest BCUT2D eigenvalue weighted by Gasteiger charge is -2.27. The molecule has 0 aliphatic rings. The van der Waals surface area contributed by atoms with Crippen molar-refractivity contribution in [2.24, 2.45) is 0 Å². The molecule has 0 unspecified atom stereocenters. The number of hydrogen-bond donors (Lipinski definition) is 0. The molecule has 2 amide bonds. The van der Waals surface area contributed by atoms with Crippen LogP contribution in [0, 0.1) is 0 Å². The highest BCUT2D eigenvalue weighted by atomic mass is 33.1. The van der Waals surface area contributed by atoms with E-state index in [0.29, 0.717) is 37.3 Å². The first-order chi connectivity index (χ1) is 32.2. The number of amides is 2. The maximum absolute atomic E-state index is 15.0. The summed E-state index contributed by atoms with van der Waals surface area (Å²) in [6, 6.07) is 33.5. The Morgan fingerprint density at radius 3 is 0.924 bits per heavy atom. The molecule has 4 aromatic rings. The van der Waals surface area contributed by atoms with Gasteiger partial charge in [0, 0.05) is 55.6 Å². The van der Waals surface area contributed by atoms with Gasteiger partial charge >= 0.3 is 0 Å². The normalized spacial score (nSPS) is 11.6. The second-order valence-electron chi connectivity index (χ2n) is 16.4. The van der Waals surface area contributed by atoms with Crippen molar-refractivity contribution in [2.75, 3.05) is 105 Å². The molecular weight excluding hydrogens is 893 g/mol. The van der Waals surface area contributed by atoms with Gasteiger partial charge < -0.3 is 29.4 Å². The van der Waals surface area contributed by atoms with Crippen LogP contribution in [-0.4, -0.2) is 146 Å². The Kier molecular flexibility index (Phi) is 27.0. The Morgan fingerprint density at radius 2 is 0.652 bits per heavy atom. The first-order valence-electron chi connectivity index (χ1n) is 24.8.